The van der Waals surface area contributed by atoms with Gasteiger partial charge in [-0.2, -0.15) is 13.2 Å². The maximum absolute atomic E-state index is 13.6. The van der Waals surface area contributed by atoms with Gasteiger partial charge in [0.05, 0.1) is 20.6 Å². The molecule has 0 aliphatic carbocycles. The average Bonchev–Trinajstić information content (AvgIpc) is 2.78. The van der Waals surface area contributed by atoms with Crippen LogP contribution in [0.3, 0.4) is 0 Å². The van der Waals surface area contributed by atoms with Crippen LogP contribution in [0.25, 0.3) is 0 Å². The molecule has 0 saturated heterocycles. The predicted molar refractivity (Wildman–Crippen MR) is 111 cm³/mol. The molecule has 0 spiro atoms. The zero-order valence-electron chi connectivity index (χ0n) is 17.4. The number of halogens is 3. The lowest BCUT2D eigenvalue weighted by molar-refractivity contribution is -0.140. The minimum atomic E-state index is -4.64. The molecular weight excluding hydrogens is 425 g/mol. The molecule has 0 heterocycles. The number of hydrogen-bond donors (Lipinski definition) is 0. The molecule has 0 fully saturated rings. The Hall–Kier alpha value is -3.68. The molecule has 0 amide bonds. The van der Waals surface area contributed by atoms with Crippen LogP contribution in [-0.4, -0.2) is 20.2 Å². The third-order valence-electron chi connectivity index (χ3n) is 4.52. The average molecular weight is 446 g/mol. The quantitative estimate of drug-likeness (QED) is 0.410. The second-order valence-corrected chi connectivity index (χ2v) is 6.79. The second kappa shape index (κ2) is 10.1. The van der Waals surface area contributed by atoms with Gasteiger partial charge in [-0.05, 0) is 53.6 Å². The fourth-order valence-electron chi connectivity index (χ4n) is 2.90. The van der Waals surface area contributed by atoms with Gasteiger partial charge in [0.2, 0.25) is 0 Å². The van der Waals surface area contributed by atoms with E-state index in [1.807, 2.05) is 0 Å². The number of carbonyl (C=O) groups is 1. The summed E-state index contributed by atoms with van der Waals surface area (Å²) in [6.45, 7) is -0.0388. The summed E-state index contributed by atoms with van der Waals surface area (Å²) < 4.78 is 61.6. The van der Waals surface area contributed by atoms with Crippen LogP contribution >= 0.6 is 0 Å². The molecule has 0 aliphatic rings. The van der Waals surface area contributed by atoms with Crippen molar-refractivity contribution in [1.82, 2.24) is 0 Å². The van der Waals surface area contributed by atoms with Gasteiger partial charge < -0.3 is 18.9 Å². The largest absolute Gasteiger partial charge is 0.497 e. The van der Waals surface area contributed by atoms with E-state index in [9.17, 15) is 18.0 Å². The van der Waals surface area contributed by atoms with Crippen LogP contribution in [0.2, 0.25) is 0 Å². The number of ether oxygens (including phenoxy) is 4. The summed E-state index contributed by atoms with van der Waals surface area (Å²) in [4.78, 5) is 11.4. The smallest absolute Gasteiger partial charge is 0.420 e. The van der Waals surface area contributed by atoms with Gasteiger partial charge in [-0.15, -0.1) is 0 Å². The fraction of sp³-hybridized carbons (Fsp3) is 0.208. The molecule has 0 saturated carbocycles. The van der Waals surface area contributed by atoms with Crippen molar-refractivity contribution >= 4 is 5.97 Å². The molecule has 168 valence electrons. The van der Waals surface area contributed by atoms with E-state index in [4.69, 9.17) is 14.2 Å². The normalized spacial score (nSPS) is 11.0. The molecule has 3 rings (SSSR count). The Kier molecular flexibility index (Phi) is 7.25. The number of hydrogen-bond acceptors (Lipinski definition) is 5. The number of methoxy groups -OCH3 is 2. The molecule has 0 atom stereocenters. The topological polar surface area (TPSA) is 54.0 Å². The second-order valence-electron chi connectivity index (χ2n) is 6.79. The van der Waals surface area contributed by atoms with Crippen molar-refractivity contribution in [3.8, 4) is 23.0 Å². The van der Waals surface area contributed by atoms with Crippen molar-refractivity contribution in [2.24, 2.45) is 0 Å². The predicted octanol–water partition coefficient (Wildman–Crippen LogP) is 5.80. The van der Waals surface area contributed by atoms with E-state index in [1.54, 1.807) is 48.5 Å². The summed E-state index contributed by atoms with van der Waals surface area (Å²) in [7, 11) is 2.81. The summed E-state index contributed by atoms with van der Waals surface area (Å²) in [6.07, 6.45) is -4.61. The maximum atomic E-state index is 13.6. The summed E-state index contributed by atoms with van der Waals surface area (Å²) >= 11 is 0. The number of esters is 1. The Balaban J connectivity index is 1.77. The van der Waals surface area contributed by atoms with E-state index in [1.165, 1.54) is 26.4 Å². The molecule has 5 nitrogen and oxygen atoms in total. The molecule has 3 aromatic carbocycles. The monoisotopic (exact) mass is 446 g/mol. The third kappa shape index (κ3) is 6.16. The third-order valence-corrected chi connectivity index (χ3v) is 4.52. The molecular formula is C24H21F3O5. The summed E-state index contributed by atoms with van der Waals surface area (Å²) in [5, 5.41) is 0. The van der Waals surface area contributed by atoms with E-state index >= 15 is 0 Å². The first-order chi connectivity index (χ1) is 15.3. The maximum Gasteiger partial charge on any atom is 0.420 e. The van der Waals surface area contributed by atoms with E-state index < -0.39 is 17.7 Å². The number of alkyl halides is 3. The molecule has 3 aromatic rings. The van der Waals surface area contributed by atoms with E-state index in [2.05, 4.69) is 4.74 Å². The fourth-order valence-corrected chi connectivity index (χ4v) is 2.90. The Morgan fingerprint density at radius 1 is 0.844 bits per heavy atom. The summed E-state index contributed by atoms with van der Waals surface area (Å²) in [5.41, 5.74) is 0.362. The molecule has 0 radical (unpaired) electrons. The molecule has 0 unspecified atom stereocenters. The Bertz CT molecular complexity index is 1060. The summed E-state index contributed by atoms with van der Waals surface area (Å²) in [5.74, 6) is 0.192. The van der Waals surface area contributed by atoms with Crippen LogP contribution in [0.4, 0.5) is 13.2 Å². The first-order valence-corrected chi connectivity index (χ1v) is 9.59. The molecule has 0 aliphatic heterocycles. The van der Waals surface area contributed by atoms with Crippen molar-refractivity contribution < 1.29 is 36.9 Å². The van der Waals surface area contributed by atoms with Crippen molar-refractivity contribution in [3.05, 3.63) is 83.4 Å². The van der Waals surface area contributed by atoms with Crippen LogP contribution in [0.5, 0.6) is 23.0 Å². The van der Waals surface area contributed by atoms with Gasteiger partial charge >= 0.3 is 12.1 Å². The van der Waals surface area contributed by atoms with E-state index in [-0.39, 0.29) is 24.5 Å². The van der Waals surface area contributed by atoms with Crippen LogP contribution in [0.1, 0.15) is 16.7 Å². The Labute approximate surface area is 183 Å². The zero-order chi connectivity index (χ0) is 23.1. The van der Waals surface area contributed by atoms with E-state index in [0.29, 0.717) is 22.6 Å². The molecule has 8 heteroatoms. The SMILES string of the molecule is COC(=O)Cc1cccc(Oc2ccc(OCc3ccc(OC)cc3)c(C(F)(F)F)c2)c1. The molecule has 0 N–H and O–H groups in total. The van der Waals surface area contributed by atoms with Gasteiger partial charge in [-0.1, -0.05) is 24.3 Å². The molecule has 0 bridgehead atoms. The van der Waals surface area contributed by atoms with Crippen LogP contribution in [0.15, 0.2) is 66.7 Å². The highest BCUT2D eigenvalue weighted by molar-refractivity contribution is 5.72. The van der Waals surface area contributed by atoms with Gasteiger partial charge in [-0.25, -0.2) is 0 Å². The van der Waals surface area contributed by atoms with Crippen molar-refractivity contribution in [1.29, 1.82) is 0 Å². The number of carbonyl (C=O) groups excluding carboxylic acids is 1. The standard InChI is InChI=1S/C24H21F3O5/c1-29-18-8-6-16(7-9-18)15-31-22-11-10-20(14-21(22)24(25,26)27)32-19-5-3-4-17(12-19)13-23(28)30-2/h3-12,14H,13,15H2,1-2H3. The molecule has 32 heavy (non-hydrogen) atoms. The van der Waals surface area contributed by atoms with Gasteiger partial charge in [0.1, 0.15) is 35.2 Å². The van der Waals surface area contributed by atoms with E-state index in [0.717, 1.165) is 6.07 Å². The highest BCUT2D eigenvalue weighted by Crippen LogP contribution is 2.39. The zero-order valence-corrected chi connectivity index (χ0v) is 17.4. The lowest BCUT2D eigenvalue weighted by atomic mass is 10.1. The van der Waals surface area contributed by atoms with Crippen LogP contribution in [0, 0.1) is 0 Å². The van der Waals surface area contributed by atoms with Crippen molar-refractivity contribution in [2.75, 3.05) is 14.2 Å². The lowest BCUT2D eigenvalue weighted by Gasteiger charge is -2.16. The van der Waals surface area contributed by atoms with Gasteiger partial charge in [0.15, 0.2) is 0 Å². The van der Waals surface area contributed by atoms with Gasteiger partial charge in [-0.3, -0.25) is 4.79 Å². The first kappa shape index (κ1) is 23.0. The number of benzene rings is 3. The Morgan fingerprint density at radius 3 is 2.19 bits per heavy atom. The van der Waals surface area contributed by atoms with Crippen molar-refractivity contribution in [2.45, 2.75) is 19.2 Å². The minimum absolute atomic E-state index is 0.00987. The van der Waals surface area contributed by atoms with Gasteiger partial charge in [0.25, 0.3) is 0 Å². The van der Waals surface area contributed by atoms with Crippen molar-refractivity contribution in [3.63, 3.8) is 0 Å². The Morgan fingerprint density at radius 2 is 1.53 bits per heavy atom. The highest BCUT2D eigenvalue weighted by atomic mass is 19.4. The van der Waals surface area contributed by atoms with Gasteiger partial charge in [0, 0.05) is 0 Å². The number of rotatable bonds is 8. The minimum Gasteiger partial charge on any atom is -0.497 e. The summed E-state index contributed by atoms with van der Waals surface area (Å²) in [6, 6.07) is 16.8. The lowest BCUT2D eigenvalue weighted by Crippen LogP contribution is -2.09. The van der Waals surface area contributed by atoms with Crippen LogP contribution in [-0.2, 0) is 28.7 Å². The first-order valence-electron chi connectivity index (χ1n) is 9.59. The molecule has 0 aromatic heterocycles. The van der Waals surface area contributed by atoms with Crippen LogP contribution < -0.4 is 14.2 Å². The highest BCUT2D eigenvalue weighted by Gasteiger charge is 2.35.